The van der Waals surface area contributed by atoms with Crippen LogP contribution in [0.4, 0.5) is 28.4 Å². The third-order valence-electron chi connectivity index (χ3n) is 7.20. The summed E-state index contributed by atoms with van der Waals surface area (Å²) in [5.74, 6) is -3.23. The Morgan fingerprint density at radius 1 is 0.607 bits per heavy atom. The molecule has 0 spiro atoms. The van der Waals surface area contributed by atoms with Crippen molar-refractivity contribution in [3.05, 3.63) is 54.6 Å². The van der Waals surface area contributed by atoms with E-state index in [2.05, 4.69) is 28.8 Å². The fourth-order valence-electron chi connectivity index (χ4n) is 4.66. The van der Waals surface area contributed by atoms with Crippen molar-refractivity contribution >= 4 is 89.8 Å². The van der Waals surface area contributed by atoms with Gasteiger partial charge in [-0.1, -0.05) is 0 Å². The molecule has 6 N–H and O–H groups in total. The van der Waals surface area contributed by atoms with Crippen LogP contribution in [-0.2, 0) is 59.0 Å². The van der Waals surface area contributed by atoms with Crippen LogP contribution >= 0.6 is 0 Å². The molecule has 28 heteroatoms. The minimum Gasteiger partial charge on any atom is -0.505 e. The maximum Gasteiger partial charge on any atom is 0.397 e. The highest BCUT2D eigenvalue weighted by Gasteiger charge is 2.26. The average molecular weight is 884 g/mol. The fraction of sp³-hybridized carbons (Fsp3) is 0.214. The van der Waals surface area contributed by atoms with Crippen LogP contribution in [0.25, 0.3) is 10.8 Å². The Balaban J connectivity index is 1.74. The zero-order valence-corrected chi connectivity index (χ0v) is 32.5. The number of phenols is 1. The van der Waals surface area contributed by atoms with Gasteiger partial charge in [0.25, 0.3) is 10.1 Å². The number of azo groups is 2. The number of nitrogens with two attached hydrogens (primary N) is 1. The molecule has 4 aromatic carbocycles. The van der Waals surface area contributed by atoms with Crippen LogP contribution in [0.2, 0.25) is 0 Å². The lowest BCUT2D eigenvalue weighted by molar-refractivity contribution is 0.282. The lowest BCUT2D eigenvalue weighted by Gasteiger charge is -2.13. The van der Waals surface area contributed by atoms with Gasteiger partial charge in [-0.25, -0.2) is 25.2 Å². The van der Waals surface area contributed by atoms with Crippen molar-refractivity contribution < 1.29 is 78.7 Å². The topological polar surface area (TPSA) is 364 Å². The molecule has 0 saturated heterocycles. The predicted molar refractivity (Wildman–Crippen MR) is 193 cm³/mol. The number of phenolic OH excluding ortho intramolecular Hbond substituents is 1. The number of benzene rings is 4. The van der Waals surface area contributed by atoms with Gasteiger partial charge in [0.2, 0.25) is 0 Å². The zero-order valence-electron chi connectivity index (χ0n) is 28.4. The SMILES string of the molecule is COc1cc(S(=O)(=O)CCOS(=O)(=O)O)c(OC)cc1/N=N/c1c(S(=O)(=O)O)cc2c(/N=N/c3ccc(S(=O)(=O)CCOS(=O)(=O)O)cc3)c(N)ccc2c1O. The van der Waals surface area contributed by atoms with Crippen molar-refractivity contribution in [2.24, 2.45) is 20.5 Å². The van der Waals surface area contributed by atoms with Crippen LogP contribution in [0, 0.1) is 0 Å². The van der Waals surface area contributed by atoms with Crippen LogP contribution in [0.5, 0.6) is 17.2 Å². The Morgan fingerprint density at radius 2 is 1.16 bits per heavy atom. The second-order valence-electron chi connectivity index (χ2n) is 10.9. The fourth-order valence-corrected chi connectivity index (χ4v) is 8.45. The maximum atomic E-state index is 12.9. The average Bonchev–Trinajstić information content (AvgIpc) is 3.08. The summed E-state index contributed by atoms with van der Waals surface area (Å²) in [6, 6.07) is 9.96. The molecule has 23 nitrogen and oxygen atoms in total. The van der Waals surface area contributed by atoms with E-state index in [4.69, 9.17) is 24.3 Å². The van der Waals surface area contributed by atoms with Gasteiger partial charge in [0.1, 0.15) is 38.4 Å². The molecule has 0 aliphatic carbocycles. The van der Waals surface area contributed by atoms with Crippen LogP contribution in [-0.4, -0.2) is 99.8 Å². The first-order chi connectivity index (χ1) is 25.9. The smallest absolute Gasteiger partial charge is 0.397 e. The maximum absolute atomic E-state index is 12.9. The van der Waals surface area contributed by atoms with Crippen molar-refractivity contribution in [1.29, 1.82) is 0 Å². The van der Waals surface area contributed by atoms with Crippen molar-refractivity contribution in [2.45, 2.75) is 14.7 Å². The Kier molecular flexibility index (Phi) is 13.0. The molecule has 304 valence electrons. The van der Waals surface area contributed by atoms with Crippen LogP contribution < -0.4 is 15.2 Å². The number of sulfone groups is 2. The molecule has 0 aromatic heterocycles. The first-order valence-electron chi connectivity index (χ1n) is 14.8. The molecular weight excluding hydrogens is 855 g/mol. The summed E-state index contributed by atoms with van der Waals surface area (Å²) in [4.78, 5) is -1.78. The number of aromatic hydroxyl groups is 1. The molecule has 0 aliphatic rings. The molecule has 0 amide bonds. The molecule has 0 heterocycles. The highest BCUT2D eigenvalue weighted by Crippen LogP contribution is 2.47. The number of nitrogens with zero attached hydrogens (tertiary/aromatic N) is 4. The number of methoxy groups -OCH3 is 2. The molecule has 0 atom stereocenters. The first kappa shape index (κ1) is 43.8. The Hall–Kier alpha value is -4.91. The van der Waals surface area contributed by atoms with Gasteiger partial charge in [-0.2, -0.15) is 30.4 Å². The molecule has 0 saturated carbocycles. The van der Waals surface area contributed by atoms with Crippen molar-refractivity contribution in [3.8, 4) is 17.2 Å². The van der Waals surface area contributed by atoms with Crippen LogP contribution in [0.3, 0.4) is 0 Å². The van der Waals surface area contributed by atoms with Gasteiger partial charge >= 0.3 is 20.8 Å². The Morgan fingerprint density at radius 3 is 1.70 bits per heavy atom. The third-order valence-corrected chi connectivity index (χ3v) is 12.4. The Bertz CT molecular complexity index is 2790. The summed E-state index contributed by atoms with van der Waals surface area (Å²) in [6.07, 6.45) is 0. The highest BCUT2D eigenvalue weighted by atomic mass is 32.3. The summed E-state index contributed by atoms with van der Waals surface area (Å²) in [5.41, 5.74) is 4.75. The summed E-state index contributed by atoms with van der Waals surface area (Å²) in [7, 11) is -21.2. The molecule has 4 aromatic rings. The zero-order chi connectivity index (χ0) is 41.9. The van der Waals surface area contributed by atoms with Gasteiger partial charge in [-0.15, -0.1) is 15.3 Å². The number of hydrogen-bond acceptors (Lipinski definition) is 20. The van der Waals surface area contributed by atoms with E-state index < -0.39 is 96.5 Å². The van der Waals surface area contributed by atoms with Crippen LogP contribution in [0.15, 0.2) is 89.7 Å². The predicted octanol–water partition coefficient (Wildman–Crippen LogP) is 3.41. The molecule has 0 fully saturated rings. The highest BCUT2D eigenvalue weighted by molar-refractivity contribution is 7.91. The largest absolute Gasteiger partial charge is 0.505 e. The lowest BCUT2D eigenvalue weighted by atomic mass is 10.1. The van der Waals surface area contributed by atoms with Gasteiger partial charge in [-0.05, 0) is 42.5 Å². The van der Waals surface area contributed by atoms with E-state index in [9.17, 15) is 51.7 Å². The minimum atomic E-state index is -5.20. The van der Waals surface area contributed by atoms with E-state index in [1.807, 2.05) is 0 Å². The van der Waals surface area contributed by atoms with E-state index >= 15 is 0 Å². The molecule has 0 bridgehead atoms. The van der Waals surface area contributed by atoms with Crippen molar-refractivity contribution in [2.75, 3.05) is 44.7 Å². The number of hydrogen-bond donors (Lipinski definition) is 5. The van der Waals surface area contributed by atoms with Gasteiger partial charge in [0.05, 0.1) is 55.2 Å². The second-order valence-corrected chi connectivity index (χ2v) is 18.6. The molecule has 0 aliphatic heterocycles. The summed E-state index contributed by atoms with van der Waals surface area (Å²) in [5, 5.41) is 26.6. The molecule has 56 heavy (non-hydrogen) atoms. The van der Waals surface area contributed by atoms with E-state index in [0.29, 0.717) is 0 Å². The monoisotopic (exact) mass is 883 g/mol. The van der Waals surface area contributed by atoms with E-state index in [1.54, 1.807) is 0 Å². The normalized spacial score (nSPS) is 13.2. The number of fused-ring (bicyclic) bond motifs is 1. The van der Waals surface area contributed by atoms with Gasteiger partial charge in [-0.3, -0.25) is 13.7 Å². The second kappa shape index (κ2) is 16.7. The molecule has 0 radical (unpaired) electrons. The minimum absolute atomic E-state index is 0.0498. The van der Waals surface area contributed by atoms with Gasteiger partial charge in [0.15, 0.2) is 25.4 Å². The molecular formula is C28H29N5O18S5. The number of anilines is 1. The van der Waals surface area contributed by atoms with E-state index in [1.165, 1.54) is 24.3 Å². The summed E-state index contributed by atoms with van der Waals surface area (Å²) in [6.45, 7) is -1.81. The van der Waals surface area contributed by atoms with Gasteiger partial charge < -0.3 is 20.3 Å². The molecule has 0 unspecified atom stereocenters. The Labute approximate surface area is 318 Å². The first-order valence-corrected chi connectivity index (χ1v) is 22.3. The summed E-state index contributed by atoms with van der Waals surface area (Å²) < 4.78 is 165. The van der Waals surface area contributed by atoms with Crippen molar-refractivity contribution in [3.63, 3.8) is 0 Å². The van der Waals surface area contributed by atoms with Gasteiger partial charge in [0, 0.05) is 22.9 Å². The van der Waals surface area contributed by atoms with E-state index in [-0.39, 0.29) is 49.9 Å². The lowest BCUT2D eigenvalue weighted by Crippen LogP contribution is -2.16. The molecule has 4 rings (SSSR count). The third kappa shape index (κ3) is 10.9. The number of nitrogen functional groups attached to an aromatic ring is 1. The van der Waals surface area contributed by atoms with Crippen molar-refractivity contribution in [1.82, 2.24) is 0 Å². The van der Waals surface area contributed by atoms with E-state index in [0.717, 1.165) is 44.6 Å². The van der Waals surface area contributed by atoms with Crippen LogP contribution in [0.1, 0.15) is 0 Å². The quantitative estimate of drug-likeness (QED) is 0.0576. The number of ether oxygens (including phenoxy) is 2. The standard InChI is InChI=1S/C28H29N5O18S5/c1-48-22-15-24(53(37,38)12-10-51-56(45,46)47)23(49-2)14-21(22)31-33-27-25(54(39,40)41)13-19-18(28(27)34)7-8-20(29)26(19)32-30-16-3-5-17(6-4-16)52(35,36)11-9-50-55(42,43)44/h3-8,13-15,34H,9-12,29H2,1-2H3,(H,39,40,41)(H,42,43,44)(H,45,46,47)/b32-30+,33-31+. The number of rotatable bonds is 17. The summed E-state index contributed by atoms with van der Waals surface area (Å²) >= 11 is 0.